The van der Waals surface area contributed by atoms with Crippen molar-refractivity contribution in [2.45, 2.75) is 6.92 Å². The molecule has 0 saturated carbocycles. The van der Waals surface area contributed by atoms with Crippen LogP contribution in [0.1, 0.15) is 5.56 Å². The molecule has 0 radical (unpaired) electrons. The summed E-state index contributed by atoms with van der Waals surface area (Å²) in [4.78, 5) is 0. The van der Waals surface area contributed by atoms with E-state index in [4.69, 9.17) is 10.5 Å². The molecule has 2 rings (SSSR count). The lowest BCUT2D eigenvalue weighted by Gasteiger charge is -2.09. The van der Waals surface area contributed by atoms with Crippen LogP contribution in [0.15, 0.2) is 36.4 Å². The predicted molar refractivity (Wildman–Crippen MR) is 62.0 cm³/mol. The molecule has 0 atom stereocenters. The fourth-order valence-electron chi connectivity index (χ4n) is 1.44. The average Bonchev–Trinajstić information content (AvgIpc) is 2.26. The highest BCUT2D eigenvalue weighted by Gasteiger charge is 2.08. The van der Waals surface area contributed by atoms with E-state index in [1.807, 2.05) is 0 Å². The van der Waals surface area contributed by atoms with Crippen LogP contribution in [0.5, 0.6) is 11.5 Å². The van der Waals surface area contributed by atoms with Crippen molar-refractivity contribution in [1.29, 1.82) is 0 Å². The Kier molecular flexibility index (Phi) is 2.95. The minimum Gasteiger partial charge on any atom is -0.457 e. The second-order valence-corrected chi connectivity index (χ2v) is 3.71. The van der Waals surface area contributed by atoms with Gasteiger partial charge in [0.25, 0.3) is 0 Å². The lowest BCUT2D eigenvalue weighted by Crippen LogP contribution is -1.93. The van der Waals surface area contributed by atoms with Gasteiger partial charge in [-0.2, -0.15) is 0 Å². The molecular weight excluding hydrogens is 224 g/mol. The first-order valence-corrected chi connectivity index (χ1v) is 5.05. The van der Waals surface area contributed by atoms with Gasteiger partial charge >= 0.3 is 0 Å². The van der Waals surface area contributed by atoms with Crippen LogP contribution in [-0.4, -0.2) is 0 Å². The predicted octanol–water partition coefficient (Wildman–Crippen LogP) is 3.65. The van der Waals surface area contributed by atoms with Crippen molar-refractivity contribution in [2.75, 3.05) is 5.73 Å². The molecular formula is C13H11F2NO. The number of nitrogens with two attached hydrogens (primary N) is 1. The molecule has 0 aliphatic carbocycles. The summed E-state index contributed by atoms with van der Waals surface area (Å²) < 4.78 is 31.4. The second-order valence-electron chi connectivity index (χ2n) is 3.71. The summed E-state index contributed by atoms with van der Waals surface area (Å²) in [5, 5.41) is 0. The molecule has 0 aliphatic heterocycles. The van der Waals surface area contributed by atoms with E-state index in [1.165, 1.54) is 0 Å². The van der Waals surface area contributed by atoms with E-state index in [0.29, 0.717) is 17.0 Å². The SMILES string of the molecule is Cc1cc(F)c(F)cc1Oc1cccc(N)c1. The van der Waals surface area contributed by atoms with Crippen LogP contribution in [-0.2, 0) is 0 Å². The normalized spacial score (nSPS) is 10.3. The molecule has 4 heteroatoms. The third kappa shape index (κ3) is 2.53. The Hall–Kier alpha value is -2.10. The van der Waals surface area contributed by atoms with Crippen molar-refractivity contribution in [1.82, 2.24) is 0 Å². The third-order valence-electron chi connectivity index (χ3n) is 2.30. The molecule has 0 amide bonds. The molecule has 88 valence electrons. The first kappa shape index (κ1) is 11.4. The summed E-state index contributed by atoms with van der Waals surface area (Å²) in [5.74, 6) is -1.06. The summed E-state index contributed by atoms with van der Waals surface area (Å²) in [5.41, 5.74) is 6.65. The monoisotopic (exact) mass is 235 g/mol. The van der Waals surface area contributed by atoms with Crippen molar-refractivity contribution in [3.05, 3.63) is 53.6 Å². The van der Waals surface area contributed by atoms with Gasteiger partial charge in [0.15, 0.2) is 11.6 Å². The van der Waals surface area contributed by atoms with Crippen molar-refractivity contribution in [3.8, 4) is 11.5 Å². The molecule has 2 nitrogen and oxygen atoms in total. The molecule has 0 bridgehead atoms. The van der Waals surface area contributed by atoms with Crippen LogP contribution in [0.2, 0.25) is 0 Å². The molecule has 17 heavy (non-hydrogen) atoms. The first-order chi connectivity index (χ1) is 8.06. The smallest absolute Gasteiger partial charge is 0.162 e. The number of hydrogen-bond donors (Lipinski definition) is 1. The van der Waals surface area contributed by atoms with Crippen LogP contribution < -0.4 is 10.5 Å². The number of anilines is 1. The van der Waals surface area contributed by atoms with E-state index >= 15 is 0 Å². The Labute approximate surface area is 97.6 Å². The number of halogens is 2. The van der Waals surface area contributed by atoms with Crippen LogP contribution in [0, 0.1) is 18.6 Å². The highest BCUT2D eigenvalue weighted by molar-refractivity contribution is 5.46. The second kappa shape index (κ2) is 4.41. The van der Waals surface area contributed by atoms with Crippen molar-refractivity contribution in [2.24, 2.45) is 0 Å². The van der Waals surface area contributed by atoms with Crippen LogP contribution in [0.3, 0.4) is 0 Å². The van der Waals surface area contributed by atoms with Crippen molar-refractivity contribution >= 4 is 5.69 Å². The summed E-state index contributed by atoms with van der Waals surface area (Å²) in [7, 11) is 0. The van der Waals surface area contributed by atoms with Gasteiger partial charge in [-0.25, -0.2) is 8.78 Å². The molecule has 2 aromatic carbocycles. The Morgan fingerprint density at radius 2 is 1.76 bits per heavy atom. The van der Waals surface area contributed by atoms with Gasteiger partial charge in [-0.3, -0.25) is 0 Å². The number of benzene rings is 2. The number of aryl methyl sites for hydroxylation is 1. The molecule has 2 N–H and O–H groups in total. The van der Waals surface area contributed by atoms with Crippen molar-refractivity contribution < 1.29 is 13.5 Å². The first-order valence-electron chi connectivity index (χ1n) is 5.05. The number of nitrogen functional groups attached to an aromatic ring is 1. The van der Waals surface area contributed by atoms with Crippen LogP contribution in [0.25, 0.3) is 0 Å². The summed E-state index contributed by atoms with van der Waals surface area (Å²) >= 11 is 0. The Morgan fingerprint density at radius 3 is 2.47 bits per heavy atom. The van der Waals surface area contributed by atoms with Crippen LogP contribution in [0.4, 0.5) is 14.5 Å². The zero-order chi connectivity index (χ0) is 12.4. The van der Waals surface area contributed by atoms with E-state index in [0.717, 1.165) is 12.1 Å². The van der Waals surface area contributed by atoms with Crippen molar-refractivity contribution in [3.63, 3.8) is 0 Å². The number of rotatable bonds is 2. The molecule has 0 heterocycles. The summed E-state index contributed by atoms with van der Waals surface area (Å²) in [6, 6.07) is 8.85. The van der Waals surface area contributed by atoms with Crippen LogP contribution >= 0.6 is 0 Å². The average molecular weight is 235 g/mol. The third-order valence-corrected chi connectivity index (χ3v) is 2.30. The Balaban J connectivity index is 2.33. The maximum Gasteiger partial charge on any atom is 0.162 e. The standard InChI is InChI=1S/C13H11F2NO/c1-8-5-11(14)12(15)7-13(8)17-10-4-2-3-9(16)6-10/h2-7H,16H2,1H3. The molecule has 0 spiro atoms. The fraction of sp³-hybridized carbons (Fsp3) is 0.0769. The van der Waals surface area contributed by atoms with Gasteiger partial charge in [-0.15, -0.1) is 0 Å². The number of hydrogen-bond acceptors (Lipinski definition) is 2. The molecule has 0 fully saturated rings. The van der Waals surface area contributed by atoms with E-state index in [2.05, 4.69) is 0 Å². The molecule has 0 unspecified atom stereocenters. The zero-order valence-corrected chi connectivity index (χ0v) is 9.21. The fourth-order valence-corrected chi connectivity index (χ4v) is 1.44. The van der Waals surface area contributed by atoms with Gasteiger partial charge in [0.2, 0.25) is 0 Å². The van der Waals surface area contributed by atoms with E-state index in [9.17, 15) is 8.78 Å². The maximum absolute atomic E-state index is 13.1. The molecule has 0 aromatic heterocycles. The summed E-state index contributed by atoms with van der Waals surface area (Å²) in [6.07, 6.45) is 0. The lowest BCUT2D eigenvalue weighted by molar-refractivity contribution is 0.458. The molecule has 2 aromatic rings. The maximum atomic E-state index is 13.1. The quantitative estimate of drug-likeness (QED) is 0.806. The van der Waals surface area contributed by atoms with Gasteiger partial charge in [0, 0.05) is 17.8 Å². The van der Waals surface area contributed by atoms with Gasteiger partial charge < -0.3 is 10.5 Å². The molecule has 0 aliphatic rings. The largest absolute Gasteiger partial charge is 0.457 e. The van der Waals surface area contributed by atoms with Gasteiger partial charge in [-0.1, -0.05) is 6.07 Å². The minimum atomic E-state index is -0.936. The van der Waals surface area contributed by atoms with E-state index in [1.54, 1.807) is 31.2 Å². The highest BCUT2D eigenvalue weighted by Crippen LogP contribution is 2.27. The van der Waals surface area contributed by atoms with Gasteiger partial charge in [0.1, 0.15) is 11.5 Å². The van der Waals surface area contributed by atoms with Gasteiger partial charge in [-0.05, 0) is 30.7 Å². The minimum absolute atomic E-state index is 0.273. The number of ether oxygens (including phenoxy) is 1. The molecule has 0 saturated heterocycles. The van der Waals surface area contributed by atoms with E-state index < -0.39 is 11.6 Å². The Bertz CT molecular complexity index is 555. The topological polar surface area (TPSA) is 35.2 Å². The summed E-state index contributed by atoms with van der Waals surface area (Å²) in [6.45, 7) is 1.64. The lowest BCUT2D eigenvalue weighted by atomic mass is 10.2. The van der Waals surface area contributed by atoms with E-state index in [-0.39, 0.29) is 5.75 Å². The Morgan fingerprint density at radius 1 is 1.06 bits per heavy atom. The zero-order valence-electron chi connectivity index (χ0n) is 9.21. The highest BCUT2D eigenvalue weighted by atomic mass is 19.2. The van der Waals surface area contributed by atoms with Gasteiger partial charge in [0.05, 0.1) is 0 Å².